The number of amides is 1. The maximum Gasteiger partial charge on any atom is 0.272 e. The second-order valence-electron chi connectivity index (χ2n) is 8.07. The molecule has 0 aliphatic carbocycles. The molecule has 1 fully saturated rings. The molecule has 0 bridgehead atoms. The van der Waals surface area contributed by atoms with Crippen molar-refractivity contribution in [1.29, 1.82) is 0 Å². The molecule has 1 aliphatic heterocycles. The summed E-state index contributed by atoms with van der Waals surface area (Å²) in [5.74, 6) is -0.303. The number of hydrogen-bond donors (Lipinski definition) is 2. The molecule has 1 aliphatic rings. The predicted octanol–water partition coefficient (Wildman–Crippen LogP) is 5.80. The first-order valence-electron chi connectivity index (χ1n) is 10.0. The molecule has 3 aromatic rings. The molecule has 152 valence electrons. The Morgan fingerprint density at radius 2 is 2.07 bits per heavy atom. The van der Waals surface area contributed by atoms with E-state index in [-0.39, 0.29) is 10.9 Å². The molecule has 1 amide bonds. The minimum atomic E-state index is -0.489. The Bertz CT molecular complexity index is 1030. The number of hydrogen-bond acceptors (Lipinski definition) is 2. The van der Waals surface area contributed by atoms with Crippen molar-refractivity contribution in [2.75, 3.05) is 18.4 Å². The zero-order valence-electron chi connectivity index (χ0n) is 16.6. The summed E-state index contributed by atoms with van der Waals surface area (Å²) >= 11 is 5.86. The van der Waals surface area contributed by atoms with Crippen LogP contribution in [0, 0.1) is 5.82 Å². The molecule has 1 atom stereocenters. The van der Waals surface area contributed by atoms with Gasteiger partial charge in [0.15, 0.2) is 0 Å². The van der Waals surface area contributed by atoms with Crippen molar-refractivity contribution < 1.29 is 9.18 Å². The number of H-pyrrole nitrogens is 1. The maximum absolute atomic E-state index is 13.5. The number of aromatic nitrogens is 1. The Labute approximate surface area is 175 Å². The molecule has 1 aromatic heterocycles. The van der Waals surface area contributed by atoms with Crippen LogP contribution >= 0.6 is 11.6 Å². The lowest BCUT2D eigenvalue weighted by Crippen LogP contribution is -2.39. The number of halogens is 2. The third-order valence-corrected chi connectivity index (χ3v) is 5.88. The number of carbonyl (C=O) groups excluding carboxylic acids is 1. The van der Waals surface area contributed by atoms with Crippen LogP contribution in [0.15, 0.2) is 42.5 Å². The summed E-state index contributed by atoms with van der Waals surface area (Å²) in [7, 11) is 0. The van der Waals surface area contributed by atoms with Gasteiger partial charge in [0.2, 0.25) is 0 Å². The number of fused-ring (bicyclic) bond motifs is 1. The van der Waals surface area contributed by atoms with E-state index in [1.54, 1.807) is 0 Å². The van der Waals surface area contributed by atoms with Gasteiger partial charge in [-0.25, -0.2) is 4.39 Å². The van der Waals surface area contributed by atoms with E-state index in [2.05, 4.69) is 41.2 Å². The molecule has 0 radical (unpaired) electrons. The zero-order valence-corrected chi connectivity index (χ0v) is 17.4. The molecular weight excluding hydrogens is 389 g/mol. The van der Waals surface area contributed by atoms with Gasteiger partial charge in [-0.2, -0.15) is 0 Å². The van der Waals surface area contributed by atoms with Crippen molar-refractivity contribution in [3.8, 4) is 0 Å². The van der Waals surface area contributed by atoms with E-state index in [4.69, 9.17) is 11.6 Å². The highest BCUT2D eigenvalue weighted by atomic mass is 35.5. The van der Waals surface area contributed by atoms with Gasteiger partial charge < -0.3 is 15.2 Å². The monoisotopic (exact) mass is 413 g/mol. The van der Waals surface area contributed by atoms with Gasteiger partial charge in [0.05, 0.1) is 0 Å². The molecule has 1 unspecified atom stereocenters. The van der Waals surface area contributed by atoms with Gasteiger partial charge in [0.25, 0.3) is 5.91 Å². The van der Waals surface area contributed by atoms with Crippen molar-refractivity contribution in [2.24, 2.45) is 0 Å². The summed E-state index contributed by atoms with van der Waals surface area (Å²) in [5, 5.41) is 3.94. The number of benzene rings is 2. The largest absolute Gasteiger partial charge is 0.351 e. The number of rotatable bonds is 4. The molecule has 4 nitrogen and oxygen atoms in total. The number of anilines is 1. The van der Waals surface area contributed by atoms with Gasteiger partial charge in [0.1, 0.15) is 11.5 Å². The van der Waals surface area contributed by atoms with E-state index in [9.17, 15) is 9.18 Å². The van der Waals surface area contributed by atoms with Crippen LogP contribution in [-0.2, 0) is 0 Å². The topological polar surface area (TPSA) is 48.1 Å². The average Bonchev–Trinajstić information content (AvgIpc) is 3.11. The molecular formula is C23H25ClFN3O. The number of carbonyl (C=O) groups is 1. The molecule has 0 saturated carbocycles. The highest BCUT2D eigenvalue weighted by Gasteiger charge is 2.23. The molecule has 1 saturated heterocycles. The molecule has 0 spiro atoms. The minimum Gasteiger partial charge on any atom is -0.351 e. The van der Waals surface area contributed by atoms with Crippen molar-refractivity contribution in [1.82, 2.24) is 9.88 Å². The maximum atomic E-state index is 13.5. The SMILES string of the molecule is CC(C)N1CCCC(c2ccc3[nH]c(C(=O)Nc4cc(F)cc(Cl)c4)cc3c2)C1. The first kappa shape index (κ1) is 19.9. The lowest BCUT2D eigenvalue weighted by molar-refractivity contribution is 0.102. The Morgan fingerprint density at radius 1 is 1.24 bits per heavy atom. The Balaban J connectivity index is 1.54. The van der Waals surface area contributed by atoms with Gasteiger partial charge in [-0.3, -0.25) is 4.79 Å². The van der Waals surface area contributed by atoms with E-state index >= 15 is 0 Å². The summed E-state index contributed by atoms with van der Waals surface area (Å²) in [6, 6.07) is 12.7. The number of likely N-dealkylation sites (tertiary alicyclic amines) is 1. The first-order valence-corrected chi connectivity index (χ1v) is 10.4. The van der Waals surface area contributed by atoms with E-state index in [0.29, 0.717) is 23.3 Å². The van der Waals surface area contributed by atoms with Crippen LogP contribution < -0.4 is 5.32 Å². The average molecular weight is 414 g/mol. The van der Waals surface area contributed by atoms with Crippen LogP contribution in [0.1, 0.15) is 48.7 Å². The molecule has 2 aromatic carbocycles. The van der Waals surface area contributed by atoms with E-state index < -0.39 is 5.82 Å². The predicted molar refractivity (Wildman–Crippen MR) is 116 cm³/mol. The third-order valence-electron chi connectivity index (χ3n) is 5.66. The van der Waals surface area contributed by atoms with Crippen molar-refractivity contribution in [2.45, 2.75) is 38.6 Å². The van der Waals surface area contributed by atoms with Crippen LogP contribution in [0.3, 0.4) is 0 Å². The smallest absolute Gasteiger partial charge is 0.272 e. The third kappa shape index (κ3) is 4.46. The minimum absolute atomic E-state index is 0.240. The van der Waals surface area contributed by atoms with Crippen LogP contribution in [0.2, 0.25) is 5.02 Å². The highest BCUT2D eigenvalue weighted by molar-refractivity contribution is 6.31. The quantitative estimate of drug-likeness (QED) is 0.567. The van der Waals surface area contributed by atoms with Gasteiger partial charge >= 0.3 is 0 Å². The molecule has 4 rings (SSSR count). The summed E-state index contributed by atoms with van der Waals surface area (Å²) in [6.45, 7) is 6.72. The number of nitrogens with zero attached hydrogens (tertiary/aromatic N) is 1. The fourth-order valence-electron chi connectivity index (χ4n) is 4.10. The molecule has 2 N–H and O–H groups in total. The fraction of sp³-hybridized carbons (Fsp3) is 0.348. The second kappa shape index (κ2) is 8.17. The van der Waals surface area contributed by atoms with Gasteiger partial charge in [-0.05, 0) is 81.1 Å². The van der Waals surface area contributed by atoms with Crippen LogP contribution in [0.5, 0.6) is 0 Å². The summed E-state index contributed by atoms with van der Waals surface area (Å²) < 4.78 is 13.5. The fourth-order valence-corrected chi connectivity index (χ4v) is 4.32. The Morgan fingerprint density at radius 3 is 2.83 bits per heavy atom. The van der Waals surface area contributed by atoms with Gasteiger partial charge in [0, 0.05) is 34.2 Å². The van der Waals surface area contributed by atoms with Crippen LogP contribution in [-0.4, -0.2) is 34.9 Å². The van der Waals surface area contributed by atoms with Gasteiger partial charge in [-0.15, -0.1) is 0 Å². The normalized spacial score (nSPS) is 17.8. The zero-order chi connectivity index (χ0) is 20.5. The lowest BCUT2D eigenvalue weighted by Gasteiger charge is -2.35. The van der Waals surface area contributed by atoms with Crippen LogP contribution in [0.25, 0.3) is 10.9 Å². The number of aromatic amines is 1. The second-order valence-corrected chi connectivity index (χ2v) is 8.51. The van der Waals surface area contributed by atoms with Crippen molar-refractivity contribution in [3.05, 3.63) is 64.6 Å². The van der Waals surface area contributed by atoms with E-state index in [0.717, 1.165) is 24.0 Å². The number of piperidine rings is 1. The molecule has 6 heteroatoms. The Hall–Kier alpha value is -2.37. The van der Waals surface area contributed by atoms with Crippen molar-refractivity contribution in [3.63, 3.8) is 0 Å². The first-order chi connectivity index (χ1) is 13.9. The Kier molecular flexibility index (Phi) is 5.61. The lowest BCUT2D eigenvalue weighted by atomic mass is 9.89. The van der Waals surface area contributed by atoms with E-state index in [1.807, 2.05) is 12.1 Å². The van der Waals surface area contributed by atoms with Crippen LogP contribution in [0.4, 0.5) is 10.1 Å². The summed E-state index contributed by atoms with van der Waals surface area (Å²) in [6.07, 6.45) is 2.39. The van der Waals surface area contributed by atoms with Gasteiger partial charge in [-0.1, -0.05) is 17.7 Å². The van der Waals surface area contributed by atoms with Crippen molar-refractivity contribution >= 4 is 34.1 Å². The number of nitrogens with one attached hydrogen (secondary N) is 2. The standard InChI is InChI=1S/C23H25ClFN3O/c1-14(2)28-7-3-4-16(13-28)15-5-6-21-17(8-15)9-22(27-21)23(29)26-20-11-18(24)10-19(25)12-20/h5-6,8-12,14,16,27H,3-4,7,13H2,1-2H3,(H,26,29). The highest BCUT2D eigenvalue weighted by Crippen LogP contribution is 2.30. The summed E-state index contributed by atoms with van der Waals surface area (Å²) in [5.41, 5.74) is 2.98. The molecule has 2 heterocycles. The summed E-state index contributed by atoms with van der Waals surface area (Å²) in [4.78, 5) is 18.3. The van der Waals surface area contributed by atoms with E-state index in [1.165, 1.54) is 36.6 Å². The molecule has 29 heavy (non-hydrogen) atoms.